The smallest absolute Gasteiger partial charge is 0.383 e. The largest absolute Gasteiger partial charge is 0.433 e. The fourth-order valence-electron chi connectivity index (χ4n) is 3.27. The molecule has 0 aliphatic carbocycles. The van der Waals surface area contributed by atoms with E-state index in [0.29, 0.717) is 36.4 Å². The maximum absolute atomic E-state index is 13.3. The Bertz CT molecular complexity index is 1020. The van der Waals surface area contributed by atoms with Gasteiger partial charge in [0, 0.05) is 35.2 Å². The average Bonchev–Trinajstić information content (AvgIpc) is 2.61. The van der Waals surface area contributed by atoms with Crippen molar-refractivity contribution in [1.82, 2.24) is 15.3 Å². The Morgan fingerprint density at radius 3 is 2.54 bits per heavy atom. The molecule has 1 aliphatic rings. The van der Waals surface area contributed by atoms with Crippen molar-refractivity contribution in [3.8, 4) is 0 Å². The van der Waals surface area contributed by atoms with Crippen molar-refractivity contribution in [2.45, 2.75) is 11.6 Å². The summed E-state index contributed by atoms with van der Waals surface area (Å²) in [5.41, 5.74) is -0.0947. The van der Waals surface area contributed by atoms with Crippen LogP contribution in [0.4, 0.5) is 23.2 Å². The van der Waals surface area contributed by atoms with Crippen LogP contribution in [0.2, 0.25) is 0 Å². The molecule has 0 amide bonds. The van der Waals surface area contributed by atoms with E-state index in [9.17, 15) is 17.6 Å². The van der Waals surface area contributed by atoms with Gasteiger partial charge >= 0.3 is 6.18 Å². The number of fused-ring (bicyclic) bond motifs is 1. The predicted molar refractivity (Wildman–Crippen MR) is 102 cm³/mol. The lowest BCUT2D eigenvalue weighted by Gasteiger charge is -2.42. The van der Waals surface area contributed by atoms with Crippen molar-refractivity contribution in [2.24, 2.45) is 0 Å². The van der Waals surface area contributed by atoms with Crippen molar-refractivity contribution in [3.05, 3.63) is 64.3 Å². The Hall–Kier alpha value is -2.26. The maximum Gasteiger partial charge on any atom is 0.433 e. The molecular formula is C19H15BrF4N4. The molecule has 2 aromatic heterocycles. The lowest BCUT2D eigenvalue weighted by Crippen LogP contribution is -2.60. The summed E-state index contributed by atoms with van der Waals surface area (Å²) in [7, 11) is 0. The van der Waals surface area contributed by atoms with Crippen molar-refractivity contribution < 1.29 is 17.6 Å². The quantitative estimate of drug-likeness (QED) is 0.569. The Kier molecular flexibility index (Phi) is 4.75. The summed E-state index contributed by atoms with van der Waals surface area (Å²) in [5.74, 6) is -0.432. The number of anilines is 1. The molecule has 1 aromatic carbocycles. The van der Waals surface area contributed by atoms with Crippen LogP contribution in [0.15, 0.2) is 47.1 Å². The molecule has 4 nitrogen and oxygen atoms in total. The summed E-state index contributed by atoms with van der Waals surface area (Å²) in [6, 6.07) is 8.89. The summed E-state index contributed by atoms with van der Waals surface area (Å²) in [6.07, 6.45) is -3.40. The van der Waals surface area contributed by atoms with E-state index in [0.717, 1.165) is 16.7 Å². The Morgan fingerprint density at radius 2 is 1.93 bits per heavy atom. The third-order valence-corrected chi connectivity index (χ3v) is 5.37. The summed E-state index contributed by atoms with van der Waals surface area (Å²) < 4.78 is 53.8. The zero-order chi connectivity index (χ0) is 19.9. The van der Waals surface area contributed by atoms with E-state index in [4.69, 9.17) is 0 Å². The van der Waals surface area contributed by atoms with Gasteiger partial charge < -0.3 is 10.6 Å². The highest BCUT2D eigenvalue weighted by Crippen LogP contribution is 2.35. The minimum atomic E-state index is -4.55. The van der Waals surface area contributed by atoms with Crippen LogP contribution in [0.1, 0.15) is 11.4 Å². The molecule has 0 saturated carbocycles. The predicted octanol–water partition coefficient (Wildman–Crippen LogP) is 4.50. The van der Waals surface area contributed by atoms with Gasteiger partial charge in [-0.05, 0) is 36.4 Å². The van der Waals surface area contributed by atoms with Crippen molar-refractivity contribution in [2.75, 3.05) is 25.0 Å². The van der Waals surface area contributed by atoms with Crippen LogP contribution < -0.4 is 10.6 Å². The van der Waals surface area contributed by atoms with Gasteiger partial charge in [0.15, 0.2) is 0 Å². The van der Waals surface area contributed by atoms with Crippen LogP contribution in [-0.2, 0) is 11.6 Å². The van der Waals surface area contributed by atoms with Gasteiger partial charge in [0.25, 0.3) is 0 Å². The molecule has 4 rings (SSSR count). The number of nitrogens with zero attached hydrogens (tertiary/aromatic N) is 2. The molecule has 9 heteroatoms. The normalized spacial score (nSPS) is 16.0. The number of benzene rings is 1. The maximum atomic E-state index is 13.3. The topological polar surface area (TPSA) is 49.8 Å². The average molecular weight is 455 g/mol. The first-order valence-corrected chi connectivity index (χ1v) is 9.30. The fraction of sp³-hybridized carbons (Fsp3) is 0.263. The number of hydrogen-bond acceptors (Lipinski definition) is 4. The molecular weight excluding hydrogens is 440 g/mol. The minimum Gasteiger partial charge on any atom is -0.383 e. The fourth-order valence-corrected chi connectivity index (χ4v) is 3.63. The highest BCUT2D eigenvalue weighted by Gasteiger charge is 2.40. The first-order valence-electron chi connectivity index (χ1n) is 8.51. The molecule has 0 atom stereocenters. The highest BCUT2D eigenvalue weighted by atomic mass is 79.9. The second-order valence-corrected chi connectivity index (χ2v) is 7.73. The number of nitrogens with one attached hydrogen (secondary N) is 2. The van der Waals surface area contributed by atoms with Crippen LogP contribution in [0.25, 0.3) is 10.9 Å². The van der Waals surface area contributed by atoms with Crippen LogP contribution in [0.3, 0.4) is 0 Å². The van der Waals surface area contributed by atoms with Gasteiger partial charge in [-0.1, -0.05) is 15.9 Å². The minimum absolute atomic E-state index is 0.251. The van der Waals surface area contributed by atoms with Crippen molar-refractivity contribution in [3.63, 3.8) is 0 Å². The first-order chi connectivity index (χ1) is 13.3. The Morgan fingerprint density at radius 1 is 1.14 bits per heavy atom. The molecule has 2 N–H and O–H groups in total. The lowest BCUT2D eigenvalue weighted by molar-refractivity contribution is -0.140. The molecule has 1 aliphatic heterocycles. The van der Waals surface area contributed by atoms with Crippen LogP contribution in [0.5, 0.6) is 0 Å². The third-order valence-electron chi connectivity index (χ3n) is 4.88. The summed E-state index contributed by atoms with van der Waals surface area (Å²) in [6.45, 7) is 1.54. The summed E-state index contributed by atoms with van der Waals surface area (Å²) in [4.78, 5) is 7.91. The number of rotatable bonds is 4. The number of hydrogen-bond donors (Lipinski definition) is 2. The monoisotopic (exact) mass is 454 g/mol. The third kappa shape index (κ3) is 3.56. The van der Waals surface area contributed by atoms with E-state index >= 15 is 0 Å². The summed E-state index contributed by atoms with van der Waals surface area (Å²) >= 11 is 3.35. The molecule has 0 spiro atoms. The molecule has 146 valence electrons. The van der Waals surface area contributed by atoms with E-state index in [1.807, 2.05) is 0 Å². The van der Waals surface area contributed by atoms with Gasteiger partial charge in [-0.2, -0.15) is 13.2 Å². The van der Waals surface area contributed by atoms with Gasteiger partial charge in [0.05, 0.1) is 22.8 Å². The van der Waals surface area contributed by atoms with Crippen molar-refractivity contribution >= 4 is 32.5 Å². The molecule has 1 fully saturated rings. The SMILES string of the molecule is Fc1ccc(C2(CNc3cc(C(F)(F)F)nc4ccc(Br)cc34)CNC2)nc1. The first kappa shape index (κ1) is 19.1. The molecule has 3 aromatic rings. The van der Waals surface area contributed by atoms with E-state index in [2.05, 4.69) is 36.5 Å². The molecule has 0 unspecified atom stereocenters. The second kappa shape index (κ2) is 6.97. The second-order valence-electron chi connectivity index (χ2n) is 6.81. The van der Waals surface area contributed by atoms with Crippen LogP contribution in [0, 0.1) is 5.82 Å². The molecule has 28 heavy (non-hydrogen) atoms. The van der Waals surface area contributed by atoms with Crippen LogP contribution >= 0.6 is 15.9 Å². The van der Waals surface area contributed by atoms with Crippen LogP contribution in [-0.4, -0.2) is 29.6 Å². The van der Waals surface area contributed by atoms with Gasteiger partial charge in [0.1, 0.15) is 11.5 Å². The Labute approximate surface area is 166 Å². The number of halogens is 5. The number of alkyl halides is 3. The van der Waals surface area contributed by atoms with Gasteiger partial charge in [-0.3, -0.25) is 4.98 Å². The molecule has 0 bridgehead atoms. The number of aromatic nitrogens is 2. The van der Waals surface area contributed by atoms with Gasteiger partial charge in [0.2, 0.25) is 0 Å². The van der Waals surface area contributed by atoms with Gasteiger partial charge in [-0.25, -0.2) is 9.37 Å². The standard InChI is InChI=1S/C19H15BrF4N4/c20-11-1-3-14-13(5-11)15(6-17(28-14)19(22,23)24)27-10-18(8-25-9-18)16-4-2-12(21)7-26-16/h1-7,25H,8-10H2,(H,27,28). The van der Waals surface area contributed by atoms with E-state index in [-0.39, 0.29) is 5.52 Å². The molecule has 3 heterocycles. The molecule has 0 radical (unpaired) electrons. The summed E-state index contributed by atoms with van der Waals surface area (Å²) in [5, 5.41) is 6.89. The number of pyridine rings is 2. The lowest BCUT2D eigenvalue weighted by atomic mass is 9.78. The zero-order valence-electron chi connectivity index (χ0n) is 14.4. The van der Waals surface area contributed by atoms with E-state index < -0.39 is 23.1 Å². The van der Waals surface area contributed by atoms with Crippen molar-refractivity contribution in [1.29, 1.82) is 0 Å². The Balaban J connectivity index is 1.70. The molecule has 1 saturated heterocycles. The zero-order valence-corrected chi connectivity index (χ0v) is 16.0. The van der Waals surface area contributed by atoms with E-state index in [1.165, 1.54) is 6.07 Å². The highest BCUT2D eigenvalue weighted by molar-refractivity contribution is 9.10. The van der Waals surface area contributed by atoms with Gasteiger partial charge in [-0.15, -0.1) is 0 Å². The van der Waals surface area contributed by atoms with E-state index in [1.54, 1.807) is 24.3 Å².